The van der Waals surface area contributed by atoms with Crippen LogP contribution in [-0.2, 0) is 14.9 Å². The molecule has 0 heterocycles. The Morgan fingerprint density at radius 1 is 1.12 bits per heavy atom. The van der Waals surface area contributed by atoms with E-state index in [4.69, 9.17) is 0 Å². The zero-order chi connectivity index (χ0) is 12.3. The minimum absolute atomic E-state index is 0.206. The summed E-state index contributed by atoms with van der Waals surface area (Å²) in [5.41, 5.74) is 0. The number of sulfonamides is 1. The predicted molar refractivity (Wildman–Crippen MR) is 65.3 cm³/mol. The molecule has 0 spiro atoms. The first-order valence-electron chi connectivity index (χ1n) is 5.08. The summed E-state index contributed by atoms with van der Waals surface area (Å²) in [6.45, 7) is 2.86. The first-order chi connectivity index (χ1) is 8.15. The van der Waals surface area contributed by atoms with Crippen molar-refractivity contribution in [3.05, 3.63) is 49.1 Å². The molecule has 2 aromatic carbocycles. The van der Waals surface area contributed by atoms with Gasteiger partial charge in [0.2, 0.25) is 0 Å². The Balaban J connectivity index is 2.55. The van der Waals surface area contributed by atoms with Crippen molar-refractivity contribution in [1.29, 1.82) is 0 Å². The van der Waals surface area contributed by atoms with E-state index in [1.54, 1.807) is 31.2 Å². The van der Waals surface area contributed by atoms with E-state index in [0.717, 1.165) is 5.39 Å². The van der Waals surface area contributed by atoms with Gasteiger partial charge in [-0.1, -0.05) is 41.3 Å². The maximum absolute atomic E-state index is 11.9. The van der Waals surface area contributed by atoms with Crippen molar-refractivity contribution in [3.63, 3.8) is 0 Å². The Morgan fingerprint density at radius 3 is 2.59 bits per heavy atom. The van der Waals surface area contributed by atoms with Crippen molar-refractivity contribution in [3.8, 4) is 0 Å². The van der Waals surface area contributed by atoms with Gasteiger partial charge in [0.1, 0.15) is 6.61 Å². The van der Waals surface area contributed by atoms with Gasteiger partial charge in [0.15, 0.2) is 0 Å². The first kappa shape index (κ1) is 12.0. The van der Waals surface area contributed by atoms with Crippen LogP contribution in [0.1, 0.15) is 6.92 Å². The van der Waals surface area contributed by atoms with Crippen molar-refractivity contribution < 1.29 is 13.3 Å². The molecule has 2 rings (SSSR count). The SMILES string of the molecule is C[CH]ONS(=O)(=O)c1cccc2ccccc12. The fraction of sp³-hybridized carbons (Fsp3) is 0.0833. The second-order valence-corrected chi connectivity index (χ2v) is 5.03. The van der Waals surface area contributed by atoms with Gasteiger partial charge in [-0.3, -0.25) is 4.84 Å². The minimum Gasteiger partial charge on any atom is -0.281 e. The Labute approximate surface area is 100 Å². The summed E-state index contributed by atoms with van der Waals surface area (Å²) >= 11 is 0. The third kappa shape index (κ3) is 2.46. The van der Waals surface area contributed by atoms with Crippen molar-refractivity contribution in [1.82, 2.24) is 4.89 Å². The molecule has 1 N–H and O–H groups in total. The molecule has 4 nitrogen and oxygen atoms in total. The van der Waals surface area contributed by atoms with Crippen LogP contribution >= 0.6 is 0 Å². The normalized spacial score (nSPS) is 11.8. The van der Waals surface area contributed by atoms with Gasteiger partial charge in [-0.15, -0.1) is 0 Å². The highest BCUT2D eigenvalue weighted by atomic mass is 32.2. The molecular weight excluding hydrogens is 238 g/mol. The lowest BCUT2D eigenvalue weighted by Gasteiger charge is -2.08. The molecule has 17 heavy (non-hydrogen) atoms. The molecule has 0 saturated heterocycles. The van der Waals surface area contributed by atoms with Crippen molar-refractivity contribution in [2.75, 3.05) is 0 Å². The number of rotatable bonds is 4. The molecule has 0 amide bonds. The topological polar surface area (TPSA) is 55.4 Å². The van der Waals surface area contributed by atoms with Crippen LogP contribution in [0, 0.1) is 6.61 Å². The zero-order valence-corrected chi connectivity index (χ0v) is 10.1. The lowest BCUT2D eigenvalue weighted by Crippen LogP contribution is -2.22. The molecule has 0 atom stereocenters. The van der Waals surface area contributed by atoms with Gasteiger partial charge in [-0.05, 0) is 18.4 Å². The Kier molecular flexibility index (Phi) is 3.42. The molecule has 0 fully saturated rings. The molecule has 2 aromatic rings. The molecule has 5 heteroatoms. The summed E-state index contributed by atoms with van der Waals surface area (Å²) in [4.78, 5) is 6.88. The van der Waals surface area contributed by atoms with Crippen molar-refractivity contribution in [2.24, 2.45) is 0 Å². The van der Waals surface area contributed by atoms with Gasteiger partial charge in [0.05, 0.1) is 4.90 Å². The molecule has 0 bridgehead atoms. The fourth-order valence-electron chi connectivity index (χ4n) is 1.59. The third-order valence-corrected chi connectivity index (χ3v) is 3.57. The van der Waals surface area contributed by atoms with Crippen molar-refractivity contribution in [2.45, 2.75) is 11.8 Å². The van der Waals surface area contributed by atoms with Crippen LogP contribution in [-0.4, -0.2) is 8.42 Å². The van der Waals surface area contributed by atoms with Gasteiger partial charge in [-0.25, -0.2) is 8.42 Å². The van der Waals surface area contributed by atoms with E-state index < -0.39 is 10.0 Å². The molecule has 0 aromatic heterocycles. The van der Waals surface area contributed by atoms with E-state index in [1.807, 2.05) is 23.1 Å². The molecule has 1 radical (unpaired) electrons. The summed E-state index contributed by atoms with van der Waals surface area (Å²) in [7, 11) is -3.65. The van der Waals surface area contributed by atoms with Gasteiger partial charge in [0, 0.05) is 5.39 Å². The van der Waals surface area contributed by atoms with E-state index in [9.17, 15) is 8.42 Å². The van der Waals surface area contributed by atoms with E-state index >= 15 is 0 Å². The van der Waals surface area contributed by atoms with Crippen LogP contribution in [0.5, 0.6) is 0 Å². The van der Waals surface area contributed by atoms with Crippen LogP contribution in [0.15, 0.2) is 47.4 Å². The Bertz CT molecular complexity index is 617. The molecular formula is C12H12NO3S. The quantitative estimate of drug-likeness (QED) is 0.847. The summed E-state index contributed by atoms with van der Waals surface area (Å²) in [6.07, 6.45) is 0. The Morgan fingerprint density at radius 2 is 1.82 bits per heavy atom. The summed E-state index contributed by atoms with van der Waals surface area (Å²) in [5.74, 6) is 0. The third-order valence-electron chi connectivity index (χ3n) is 2.31. The molecule has 89 valence electrons. The molecule has 0 unspecified atom stereocenters. The average Bonchev–Trinajstić information content (AvgIpc) is 2.36. The highest BCUT2D eigenvalue weighted by Gasteiger charge is 2.16. The number of fused-ring (bicyclic) bond motifs is 1. The van der Waals surface area contributed by atoms with Gasteiger partial charge >= 0.3 is 0 Å². The van der Waals surface area contributed by atoms with Crippen LogP contribution in [0.4, 0.5) is 0 Å². The van der Waals surface area contributed by atoms with E-state index in [2.05, 4.69) is 4.84 Å². The van der Waals surface area contributed by atoms with Gasteiger partial charge in [0.25, 0.3) is 10.0 Å². The second-order valence-electron chi connectivity index (χ2n) is 3.42. The summed E-state index contributed by atoms with van der Waals surface area (Å²) < 4.78 is 23.9. The van der Waals surface area contributed by atoms with Gasteiger partial charge in [-0.2, -0.15) is 0 Å². The summed E-state index contributed by atoms with van der Waals surface area (Å²) in [6, 6.07) is 12.4. The summed E-state index contributed by atoms with van der Waals surface area (Å²) in [5, 5.41) is 1.54. The monoisotopic (exact) mass is 250 g/mol. The largest absolute Gasteiger partial charge is 0.281 e. The van der Waals surface area contributed by atoms with Crippen LogP contribution in [0.25, 0.3) is 10.8 Å². The fourth-order valence-corrected chi connectivity index (χ4v) is 2.63. The molecule has 0 aliphatic rings. The van der Waals surface area contributed by atoms with E-state index in [0.29, 0.717) is 5.39 Å². The first-order valence-corrected chi connectivity index (χ1v) is 6.56. The second kappa shape index (κ2) is 4.83. The molecule has 0 aliphatic heterocycles. The Hall–Kier alpha value is -1.43. The maximum atomic E-state index is 11.9. The highest BCUT2D eigenvalue weighted by molar-refractivity contribution is 7.89. The van der Waals surface area contributed by atoms with Crippen LogP contribution in [0.3, 0.4) is 0 Å². The van der Waals surface area contributed by atoms with Crippen molar-refractivity contribution >= 4 is 20.8 Å². The van der Waals surface area contributed by atoms with E-state index in [1.165, 1.54) is 6.61 Å². The van der Waals surface area contributed by atoms with E-state index in [-0.39, 0.29) is 4.90 Å². The number of benzene rings is 2. The number of nitrogens with one attached hydrogen (secondary N) is 1. The van der Waals surface area contributed by atoms with Crippen LogP contribution < -0.4 is 4.89 Å². The predicted octanol–water partition coefficient (Wildman–Crippen LogP) is 2.23. The number of hydrogen-bond donors (Lipinski definition) is 1. The average molecular weight is 250 g/mol. The van der Waals surface area contributed by atoms with Crippen LogP contribution in [0.2, 0.25) is 0 Å². The standard InChI is InChI=1S/C12H12NO3S/c1-2-16-13-17(14,15)12-9-5-7-10-6-3-4-8-11(10)12/h2-9,13H,1H3. The lowest BCUT2D eigenvalue weighted by molar-refractivity contribution is 0.159. The highest BCUT2D eigenvalue weighted by Crippen LogP contribution is 2.22. The maximum Gasteiger partial charge on any atom is 0.263 e. The molecule has 0 saturated carbocycles. The number of hydrogen-bond acceptors (Lipinski definition) is 3. The molecule has 0 aliphatic carbocycles. The lowest BCUT2D eigenvalue weighted by atomic mass is 10.1. The smallest absolute Gasteiger partial charge is 0.263 e. The minimum atomic E-state index is -3.65. The van der Waals surface area contributed by atoms with Gasteiger partial charge < -0.3 is 0 Å². The zero-order valence-electron chi connectivity index (χ0n) is 9.25.